The predicted molar refractivity (Wildman–Crippen MR) is 77.7 cm³/mol. The van der Waals surface area contributed by atoms with Crippen LogP contribution in [-0.4, -0.2) is 49.7 Å². The largest absolute Gasteiger partial charge is 0.461 e. The molecule has 2 amide bonds. The molecular formula is C13H15N5O2S. The van der Waals surface area contributed by atoms with E-state index in [-0.39, 0.29) is 6.03 Å². The van der Waals surface area contributed by atoms with Crippen LogP contribution in [0.25, 0.3) is 11.6 Å². The minimum Gasteiger partial charge on any atom is -0.461 e. The van der Waals surface area contributed by atoms with Crippen LogP contribution < -0.4 is 5.32 Å². The minimum atomic E-state index is -0.0150. The van der Waals surface area contributed by atoms with Crippen LogP contribution in [-0.2, 0) is 6.54 Å². The van der Waals surface area contributed by atoms with Gasteiger partial charge in [0.2, 0.25) is 5.82 Å². The summed E-state index contributed by atoms with van der Waals surface area (Å²) >= 11 is 1.97. The molecule has 2 atom stereocenters. The number of carbonyl (C=O) groups is 1. The molecule has 0 aliphatic carbocycles. The van der Waals surface area contributed by atoms with Crippen molar-refractivity contribution in [3.05, 3.63) is 24.2 Å². The number of fused-ring (bicyclic) bond motifs is 2. The summed E-state index contributed by atoms with van der Waals surface area (Å²) < 4.78 is 5.23. The van der Waals surface area contributed by atoms with Gasteiger partial charge in [-0.05, 0) is 18.6 Å². The Bertz CT molecular complexity index is 641. The molecule has 2 aromatic rings. The van der Waals surface area contributed by atoms with Crippen molar-refractivity contribution < 1.29 is 9.21 Å². The fourth-order valence-corrected chi connectivity index (χ4v) is 4.23. The second-order valence-electron chi connectivity index (χ2n) is 5.24. The van der Waals surface area contributed by atoms with Crippen molar-refractivity contribution in [3.8, 4) is 11.6 Å². The third kappa shape index (κ3) is 2.39. The van der Waals surface area contributed by atoms with E-state index in [2.05, 4.69) is 20.5 Å². The number of furan rings is 1. The second kappa shape index (κ2) is 5.10. The molecule has 2 aliphatic heterocycles. The molecule has 8 heteroatoms. The number of rotatable bonds is 3. The highest BCUT2D eigenvalue weighted by molar-refractivity contribution is 8.00. The number of nitrogens with one attached hydrogen (secondary N) is 2. The summed E-state index contributed by atoms with van der Waals surface area (Å²) in [6, 6.07) is 3.96. The first kappa shape index (κ1) is 12.8. The fraction of sp³-hybridized carbons (Fsp3) is 0.462. The summed E-state index contributed by atoms with van der Waals surface area (Å²) in [5.74, 6) is 2.79. The van der Waals surface area contributed by atoms with Crippen LogP contribution in [0.15, 0.2) is 22.8 Å². The number of carbonyl (C=O) groups excluding carboxylic acids is 1. The molecule has 0 saturated carbocycles. The number of thioether (sulfide) groups is 1. The Morgan fingerprint density at radius 1 is 1.62 bits per heavy atom. The molecule has 2 N–H and O–H groups in total. The average Bonchev–Trinajstić information content (AvgIpc) is 3.28. The lowest BCUT2D eigenvalue weighted by molar-refractivity contribution is 0.195. The Morgan fingerprint density at radius 3 is 3.29 bits per heavy atom. The SMILES string of the molecule is O=C(NCc1nc(-c2ccco2)n[nH]1)N1C[C@@H]2C[C@H]1CS2. The first-order valence-corrected chi connectivity index (χ1v) is 7.95. The van der Waals surface area contributed by atoms with Gasteiger partial charge < -0.3 is 14.6 Å². The number of hydrogen-bond acceptors (Lipinski definition) is 5. The van der Waals surface area contributed by atoms with E-state index < -0.39 is 0 Å². The number of H-pyrrole nitrogens is 1. The zero-order chi connectivity index (χ0) is 14.2. The Labute approximate surface area is 125 Å². The molecule has 4 heterocycles. The average molecular weight is 305 g/mol. The molecule has 4 rings (SSSR count). The lowest BCUT2D eigenvalue weighted by atomic mass is 10.2. The second-order valence-corrected chi connectivity index (χ2v) is 6.57. The van der Waals surface area contributed by atoms with Gasteiger partial charge in [0, 0.05) is 23.6 Å². The Hall–Kier alpha value is -1.96. The number of aromatic amines is 1. The van der Waals surface area contributed by atoms with E-state index in [1.165, 1.54) is 0 Å². The Balaban J connectivity index is 1.35. The number of hydrogen-bond donors (Lipinski definition) is 2. The summed E-state index contributed by atoms with van der Waals surface area (Å²) in [5.41, 5.74) is 0. The molecule has 110 valence electrons. The molecule has 2 aromatic heterocycles. The first-order valence-electron chi connectivity index (χ1n) is 6.91. The van der Waals surface area contributed by atoms with Crippen LogP contribution in [0.4, 0.5) is 4.79 Å². The molecule has 2 aliphatic rings. The molecule has 2 bridgehead atoms. The van der Waals surface area contributed by atoms with Crippen LogP contribution in [0.5, 0.6) is 0 Å². The maximum atomic E-state index is 12.2. The van der Waals surface area contributed by atoms with Crippen LogP contribution in [0, 0.1) is 0 Å². The zero-order valence-electron chi connectivity index (χ0n) is 11.3. The minimum absolute atomic E-state index is 0.0150. The summed E-state index contributed by atoms with van der Waals surface area (Å²) in [5, 5.41) is 10.4. The zero-order valence-corrected chi connectivity index (χ0v) is 12.1. The number of nitrogens with zero attached hydrogens (tertiary/aromatic N) is 3. The van der Waals surface area contributed by atoms with Crippen molar-refractivity contribution in [2.24, 2.45) is 0 Å². The van der Waals surface area contributed by atoms with Gasteiger partial charge in [-0.15, -0.1) is 5.10 Å². The van der Waals surface area contributed by atoms with Gasteiger partial charge in [0.25, 0.3) is 0 Å². The quantitative estimate of drug-likeness (QED) is 0.896. The van der Waals surface area contributed by atoms with Crippen molar-refractivity contribution in [1.82, 2.24) is 25.4 Å². The van der Waals surface area contributed by atoms with E-state index in [0.29, 0.717) is 35.2 Å². The number of urea groups is 1. The lowest BCUT2D eigenvalue weighted by Gasteiger charge is -2.26. The standard InChI is InChI=1S/C13H15N5O2S/c19-13(18-6-9-4-8(18)7-21-9)14-5-11-15-12(17-16-11)10-2-1-3-20-10/h1-3,8-9H,4-7H2,(H,14,19)(H,15,16,17)/t8-,9-/m0/s1. The van der Waals surface area contributed by atoms with Gasteiger partial charge in [-0.2, -0.15) is 11.8 Å². The molecular weight excluding hydrogens is 290 g/mol. The molecule has 21 heavy (non-hydrogen) atoms. The third-order valence-electron chi connectivity index (χ3n) is 3.84. The smallest absolute Gasteiger partial charge is 0.318 e. The predicted octanol–water partition coefficient (Wildman–Crippen LogP) is 1.46. The maximum absolute atomic E-state index is 12.2. The molecule has 2 saturated heterocycles. The van der Waals surface area contributed by atoms with Crippen molar-refractivity contribution in [1.29, 1.82) is 0 Å². The third-order valence-corrected chi connectivity index (χ3v) is 5.23. The number of aromatic nitrogens is 3. The van der Waals surface area contributed by atoms with Gasteiger partial charge in [-0.1, -0.05) is 0 Å². The summed E-state index contributed by atoms with van der Waals surface area (Å²) in [6.45, 7) is 1.20. The molecule has 7 nitrogen and oxygen atoms in total. The fourth-order valence-electron chi connectivity index (χ4n) is 2.80. The van der Waals surface area contributed by atoms with E-state index >= 15 is 0 Å². The Morgan fingerprint density at radius 2 is 2.57 bits per heavy atom. The van der Waals surface area contributed by atoms with Crippen molar-refractivity contribution in [2.45, 2.75) is 24.3 Å². The van der Waals surface area contributed by atoms with Crippen LogP contribution in [0.2, 0.25) is 0 Å². The molecule has 0 unspecified atom stereocenters. The molecule has 0 radical (unpaired) electrons. The maximum Gasteiger partial charge on any atom is 0.318 e. The highest BCUT2D eigenvalue weighted by Crippen LogP contribution is 2.37. The van der Waals surface area contributed by atoms with E-state index in [4.69, 9.17) is 4.42 Å². The molecule has 2 fully saturated rings. The van der Waals surface area contributed by atoms with Gasteiger partial charge in [0.1, 0.15) is 5.82 Å². The summed E-state index contributed by atoms with van der Waals surface area (Å²) in [7, 11) is 0. The van der Waals surface area contributed by atoms with E-state index in [0.717, 1.165) is 18.7 Å². The highest BCUT2D eigenvalue weighted by atomic mass is 32.2. The molecule has 0 aromatic carbocycles. The van der Waals surface area contributed by atoms with E-state index in [1.807, 2.05) is 16.7 Å². The first-order chi connectivity index (χ1) is 10.3. The van der Waals surface area contributed by atoms with E-state index in [1.54, 1.807) is 18.4 Å². The van der Waals surface area contributed by atoms with Gasteiger partial charge in [-0.25, -0.2) is 9.78 Å². The van der Waals surface area contributed by atoms with Crippen LogP contribution in [0.1, 0.15) is 12.2 Å². The summed E-state index contributed by atoms with van der Waals surface area (Å²) in [6.07, 6.45) is 2.70. The number of amides is 2. The number of likely N-dealkylation sites (tertiary alicyclic amines) is 1. The summed E-state index contributed by atoms with van der Waals surface area (Å²) in [4.78, 5) is 18.4. The normalized spacial score (nSPS) is 23.7. The lowest BCUT2D eigenvalue weighted by Crippen LogP contribution is -2.45. The van der Waals surface area contributed by atoms with Crippen molar-refractivity contribution >= 4 is 17.8 Å². The van der Waals surface area contributed by atoms with Crippen LogP contribution >= 0.6 is 11.8 Å². The van der Waals surface area contributed by atoms with E-state index in [9.17, 15) is 4.79 Å². The van der Waals surface area contributed by atoms with Gasteiger partial charge in [0.05, 0.1) is 12.8 Å². The van der Waals surface area contributed by atoms with Gasteiger partial charge >= 0.3 is 6.03 Å². The van der Waals surface area contributed by atoms with Gasteiger partial charge in [0.15, 0.2) is 5.76 Å². The van der Waals surface area contributed by atoms with Gasteiger partial charge in [-0.3, -0.25) is 5.10 Å². The Kier molecular flexibility index (Phi) is 3.10. The van der Waals surface area contributed by atoms with Crippen LogP contribution in [0.3, 0.4) is 0 Å². The monoisotopic (exact) mass is 305 g/mol. The van der Waals surface area contributed by atoms with Crippen molar-refractivity contribution in [2.75, 3.05) is 12.3 Å². The topological polar surface area (TPSA) is 87.0 Å². The molecule has 0 spiro atoms. The highest BCUT2D eigenvalue weighted by Gasteiger charge is 2.40. The van der Waals surface area contributed by atoms with Crippen molar-refractivity contribution in [3.63, 3.8) is 0 Å².